The summed E-state index contributed by atoms with van der Waals surface area (Å²) in [6.07, 6.45) is 0.0873. The number of carbonyl (C=O) groups excluding carboxylic acids is 2. The van der Waals surface area contributed by atoms with Crippen molar-refractivity contribution in [2.45, 2.75) is 39.3 Å². The largest absolute Gasteiger partial charge is 0.481 e. The third-order valence-electron chi connectivity index (χ3n) is 3.00. The molecule has 0 bridgehead atoms. The summed E-state index contributed by atoms with van der Waals surface area (Å²) in [5.41, 5.74) is 6.95. The molecule has 2 atom stereocenters. The van der Waals surface area contributed by atoms with Crippen LogP contribution in [0.25, 0.3) is 0 Å². The molecule has 0 fully saturated rings. The van der Waals surface area contributed by atoms with Gasteiger partial charge in [0.2, 0.25) is 0 Å². The van der Waals surface area contributed by atoms with Gasteiger partial charge in [-0.2, -0.15) is 0 Å². The fourth-order valence-electron chi connectivity index (χ4n) is 1.71. The van der Waals surface area contributed by atoms with Gasteiger partial charge >= 0.3 is 6.03 Å². The lowest BCUT2D eigenvalue weighted by atomic mass is 10.1. The first-order valence-electron chi connectivity index (χ1n) is 7.08. The number of urea groups is 1. The van der Waals surface area contributed by atoms with Gasteiger partial charge in [-0.15, -0.1) is 0 Å². The summed E-state index contributed by atoms with van der Waals surface area (Å²) >= 11 is 0. The molecule has 6 nitrogen and oxygen atoms in total. The van der Waals surface area contributed by atoms with E-state index in [1.165, 1.54) is 0 Å². The van der Waals surface area contributed by atoms with Crippen LogP contribution in [-0.2, 0) is 4.79 Å². The Labute approximate surface area is 125 Å². The minimum Gasteiger partial charge on any atom is -0.481 e. The lowest BCUT2D eigenvalue weighted by molar-refractivity contribution is -0.126. The van der Waals surface area contributed by atoms with Crippen molar-refractivity contribution in [3.8, 4) is 5.75 Å². The molecule has 0 spiro atoms. The zero-order valence-corrected chi connectivity index (χ0v) is 12.7. The number of benzene rings is 1. The Hall–Kier alpha value is -2.08. The SMILES string of the molecule is CCNC(=O)NC(=O)C(C)Oc1ccc([C@@H](N)CC)cc1. The van der Waals surface area contributed by atoms with Crippen LogP contribution < -0.4 is 21.1 Å². The van der Waals surface area contributed by atoms with Crippen molar-refractivity contribution in [2.75, 3.05) is 6.54 Å². The van der Waals surface area contributed by atoms with Crippen molar-refractivity contribution >= 4 is 11.9 Å². The van der Waals surface area contributed by atoms with Gasteiger partial charge in [-0.1, -0.05) is 19.1 Å². The molecule has 0 saturated carbocycles. The molecule has 1 rings (SSSR count). The lowest BCUT2D eigenvalue weighted by Gasteiger charge is -2.15. The highest BCUT2D eigenvalue weighted by Crippen LogP contribution is 2.19. The third kappa shape index (κ3) is 5.43. The fraction of sp³-hybridized carbons (Fsp3) is 0.467. The predicted molar refractivity (Wildman–Crippen MR) is 81.0 cm³/mol. The van der Waals surface area contributed by atoms with E-state index < -0.39 is 18.0 Å². The zero-order chi connectivity index (χ0) is 15.8. The van der Waals surface area contributed by atoms with E-state index >= 15 is 0 Å². The average molecular weight is 293 g/mol. The van der Waals surface area contributed by atoms with E-state index in [4.69, 9.17) is 10.5 Å². The second-order valence-electron chi connectivity index (χ2n) is 4.69. The molecule has 0 saturated heterocycles. The van der Waals surface area contributed by atoms with E-state index in [1.807, 2.05) is 19.1 Å². The molecule has 21 heavy (non-hydrogen) atoms. The molecule has 3 amide bonds. The second kappa shape index (κ2) is 8.26. The Bertz CT molecular complexity index is 474. The van der Waals surface area contributed by atoms with Gasteiger partial charge in [0.05, 0.1) is 0 Å². The van der Waals surface area contributed by atoms with Gasteiger partial charge < -0.3 is 15.8 Å². The van der Waals surface area contributed by atoms with E-state index in [-0.39, 0.29) is 6.04 Å². The van der Waals surface area contributed by atoms with Crippen LogP contribution in [0, 0.1) is 0 Å². The normalized spacial score (nSPS) is 13.1. The maximum Gasteiger partial charge on any atom is 0.321 e. The Kier molecular flexibility index (Phi) is 6.68. The quantitative estimate of drug-likeness (QED) is 0.744. The van der Waals surface area contributed by atoms with Crippen molar-refractivity contribution in [2.24, 2.45) is 5.73 Å². The number of rotatable bonds is 6. The average Bonchev–Trinajstić information content (AvgIpc) is 2.47. The van der Waals surface area contributed by atoms with Crippen molar-refractivity contribution < 1.29 is 14.3 Å². The van der Waals surface area contributed by atoms with Crippen molar-refractivity contribution in [3.05, 3.63) is 29.8 Å². The van der Waals surface area contributed by atoms with Crippen LogP contribution >= 0.6 is 0 Å². The summed E-state index contributed by atoms with van der Waals surface area (Å²) in [5.74, 6) is 0.0656. The molecule has 0 radical (unpaired) electrons. The van der Waals surface area contributed by atoms with E-state index in [2.05, 4.69) is 10.6 Å². The van der Waals surface area contributed by atoms with Gasteiger partial charge in [0, 0.05) is 12.6 Å². The predicted octanol–water partition coefficient (Wildman–Crippen LogP) is 1.71. The summed E-state index contributed by atoms with van der Waals surface area (Å²) in [6.45, 7) is 5.82. The summed E-state index contributed by atoms with van der Waals surface area (Å²) in [4.78, 5) is 23.0. The fourth-order valence-corrected chi connectivity index (χ4v) is 1.71. The number of nitrogens with two attached hydrogens (primary N) is 1. The molecular weight excluding hydrogens is 270 g/mol. The Morgan fingerprint density at radius 1 is 1.24 bits per heavy atom. The first-order chi connectivity index (χ1) is 9.97. The number of nitrogens with one attached hydrogen (secondary N) is 2. The summed E-state index contributed by atoms with van der Waals surface area (Å²) in [7, 11) is 0. The van der Waals surface area contributed by atoms with Gasteiger partial charge in [-0.3, -0.25) is 10.1 Å². The molecule has 1 aromatic carbocycles. The van der Waals surface area contributed by atoms with Crippen LogP contribution in [0.5, 0.6) is 5.75 Å². The van der Waals surface area contributed by atoms with Crippen LogP contribution in [0.4, 0.5) is 4.79 Å². The van der Waals surface area contributed by atoms with Gasteiger partial charge in [-0.25, -0.2) is 4.79 Å². The summed E-state index contributed by atoms with van der Waals surface area (Å²) in [5, 5.41) is 4.69. The molecule has 1 unspecified atom stereocenters. The van der Waals surface area contributed by atoms with E-state index in [0.29, 0.717) is 12.3 Å². The van der Waals surface area contributed by atoms with Crippen LogP contribution in [0.2, 0.25) is 0 Å². The number of hydrogen-bond donors (Lipinski definition) is 3. The number of ether oxygens (including phenoxy) is 1. The van der Waals surface area contributed by atoms with Crippen molar-refractivity contribution in [1.82, 2.24) is 10.6 Å². The van der Waals surface area contributed by atoms with Crippen molar-refractivity contribution in [3.63, 3.8) is 0 Å². The molecule has 1 aromatic rings. The molecule has 6 heteroatoms. The number of carbonyl (C=O) groups is 2. The van der Waals surface area contributed by atoms with E-state index in [0.717, 1.165) is 12.0 Å². The monoisotopic (exact) mass is 293 g/mol. The molecular formula is C15H23N3O3. The van der Waals surface area contributed by atoms with Crippen molar-refractivity contribution in [1.29, 1.82) is 0 Å². The van der Waals surface area contributed by atoms with Gasteiger partial charge in [0.25, 0.3) is 5.91 Å². The Morgan fingerprint density at radius 2 is 1.86 bits per heavy atom. The second-order valence-corrected chi connectivity index (χ2v) is 4.69. The number of amides is 3. The maximum atomic E-state index is 11.7. The first kappa shape index (κ1) is 17.0. The molecule has 0 heterocycles. The first-order valence-corrected chi connectivity index (χ1v) is 7.08. The maximum absolute atomic E-state index is 11.7. The molecule has 116 valence electrons. The number of imide groups is 1. The van der Waals surface area contributed by atoms with Gasteiger partial charge in [0.1, 0.15) is 5.75 Å². The highest BCUT2D eigenvalue weighted by Gasteiger charge is 2.17. The molecule has 0 aliphatic rings. The summed E-state index contributed by atoms with van der Waals surface area (Å²) in [6, 6.07) is 6.75. The Balaban J connectivity index is 2.56. The molecule has 0 aliphatic heterocycles. The smallest absolute Gasteiger partial charge is 0.321 e. The van der Waals surface area contributed by atoms with E-state index in [9.17, 15) is 9.59 Å². The molecule has 4 N–H and O–H groups in total. The standard InChI is InChI=1S/C15H23N3O3/c1-4-13(16)11-6-8-12(9-7-11)21-10(3)14(19)18-15(20)17-5-2/h6-10,13H,4-5,16H2,1-3H3,(H2,17,18,19,20)/t10?,13-/m0/s1. The lowest BCUT2D eigenvalue weighted by Crippen LogP contribution is -2.45. The van der Waals surface area contributed by atoms with Crippen LogP contribution in [0.15, 0.2) is 24.3 Å². The minimum atomic E-state index is -0.765. The molecule has 0 aliphatic carbocycles. The summed E-state index contributed by atoms with van der Waals surface area (Å²) < 4.78 is 5.49. The van der Waals surface area contributed by atoms with Crippen LogP contribution in [0.1, 0.15) is 38.8 Å². The zero-order valence-electron chi connectivity index (χ0n) is 12.7. The van der Waals surface area contributed by atoms with Gasteiger partial charge in [-0.05, 0) is 38.0 Å². The number of hydrogen-bond acceptors (Lipinski definition) is 4. The van der Waals surface area contributed by atoms with Crippen LogP contribution in [-0.4, -0.2) is 24.6 Å². The van der Waals surface area contributed by atoms with E-state index in [1.54, 1.807) is 26.0 Å². The minimum absolute atomic E-state index is 0.00230. The third-order valence-corrected chi connectivity index (χ3v) is 3.00. The highest BCUT2D eigenvalue weighted by atomic mass is 16.5. The molecule has 0 aromatic heterocycles. The highest BCUT2D eigenvalue weighted by molar-refractivity contribution is 5.96. The topological polar surface area (TPSA) is 93.5 Å². The van der Waals surface area contributed by atoms with Crippen LogP contribution in [0.3, 0.4) is 0 Å². The Morgan fingerprint density at radius 3 is 2.38 bits per heavy atom. The van der Waals surface area contributed by atoms with Gasteiger partial charge in [0.15, 0.2) is 6.10 Å².